The summed E-state index contributed by atoms with van der Waals surface area (Å²) in [6.45, 7) is 6.36. The first-order valence-corrected chi connectivity index (χ1v) is 12.9. The van der Waals surface area contributed by atoms with E-state index in [1.807, 2.05) is 25.1 Å². The zero-order valence-electron chi connectivity index (χ0n) is 20.4. The van der Waals surface area contributed by atoms with Crippen molar-refractivity contribution < 1.29 is 4.74 Å². The molecule has 0 spiro atoms. The quantitative estimate of drug-likeness (QED) is 0.503. The summed E-state index contributed by atoms with van der Waals surface area (Å²) in [5, 5.41) is 14.1. The highest BCUT2D eigenvalue weighted by molar-refractivity contribution is 5.81. The maximum atomic E-state index is 13.1. The minimum Gasteiger partial charge on any atom is -0.377 e. The van der Waals surface area contributed by atoms with Crippen molar-refractivity contribution in [1.29, 1.82) is 0 Å². The number of H-pyrrole nitrogens is 1. The van der Waals surface area contributed by atoms with Crippen molar-refractivity contribution in [2.45, 2.75) is 89.9 Å². The van der Waals surface area contributed by atoms with Crippen LogP contribution in [0.15, 0.2) is 29.1 Å². The normalized spacial score (nSPS) is 20.0. The van der Waals surface area contributed by atoms with Gasteiger partial charge in [-0.25, -0.2) is 4.68 Å². The molecule has 1 N–H and O–H groups in total. The summed E-state index contributed by atoms with van der Waals surface area (Å²) in [5.74, 6) is 0.930. The third-order valence-corrected chi connectivity index (χ3v) is 7.49. The lowest BCUT2D eigenvalue weighted by atomic mass is 10.0. The molecular formula is C26H36N6O2. The van der Waals surface area contributed by atoms with E-state index in [0.717, 1.165) is 79.5 Å². The number of rotatable bonds is 9. The van der Waals surface area contributed by atoms with Gasteiger partial charge >= 0.3 is 0 Å². The van der Waals surface area contributed by atoms with Crippen LogP contribution in [-0.2, 0) is 11.3 Å². The van der Waals surface area contributed by atoms with E-state index in [4.69, 9.17) is 4.74 Å². The van der Waals surface area contributed by atoms with E-state index >= 15 is 0 Å². The summed E-state index contributed by atoms with van der Waals surface area (Å²) >= 11 is 0. The van der Waals surface area contributed by atoms with Gasteiger partial charge in [0, 0.05) is 25.3 Å². The van der Waals surface area contributed by atoms with Gasteiger partial charge in [0.15, 0.2) is 5.82 Å². The van der Waals surface area contributed by atoms with Crippen LogP contribution in [-0.4, -0.2) is 49.3 Å². The molecule has 1 aliphatic carbocycles. The van der Waals surface area contributed by atoms with Gasteiger partial charge in [0.05, 0.1) is 23.7 Å². The number of pyridine rings is 1. The first kappa shape index (κ1) is 23.2. The summed E-state index contributed by atoms with van der Waals surface area (Å²) in [6, 6.07) is 8.60. The van der Waals surface area contributed by atoms with Crippen LogP contribution in [0.25, 0.3) is 10.9 Å². The lowest BCUT2D eigenvalue weighted by Crippen LogP contribution is -2.38. The fourth-order valence-electron chi connectivity index (χ4n) is 5.69. The van der Waals surface area contributed by atoms with E-state index in [-0.39, 0.29) is 17.7 Å². The van der Waals surface area contributed by atoms with Crippen molar-refractivity contribution in [2.24, 2.45) is 0 Å². The highest BCUT2D eigenvalue weighted by Gasteiger charge is 2.32. The minimum atomic E-state index is -0.0234. The molecule has 2 unspecified atom stereocenters. The third-order valence-electron chi connectivity index (χ3n) is 7.49. The Hall–Kier alpha value is -2.58. The average Bonchev–Trinajstić information content (AvgIpc) is 3.60. The van der Waals surface area contributed by atoms with Crippen molar-refractivity contribution >= 4 is 10.9 Å². The molecule has 8 nitrogen and oxygen atoms in total. The first-order chi connectivity index (χ1) is 16.6. The minimum absolute atomic E-state index is 0.0234. The number of nitrogens with one attached hydrogen (secondary N) is 1. The molecule has 1 saturated heterocycles. The van der Waals surface area contributed by atoms with Crippen molar-refractivity contribution in [1.82, 2.24) is 30.1 Å². The molecule has 0 bridgehead atoms. The van der Waals surface area contributed by atoms with E-state index in [0.29, 0.717) is 12.6 Å². The number of ether oxygens (including phenoxy) is 1. The maximum absolute atomic E-state index is 13.1. The number of aromatic nitrogens is 5. The lowest BCUT2D eigenvalue weighted by molar-refractivity contribution is 0.0471. The summed E-state index contributed by atoms with van der Waals surface area (Å²) < 4.78 is 8.10. The van der Waals surface area contributed by atoms with Gasteiger partial charge < -0.3 is 9.72 Å². The van der Waals surface area contributed by atoms with Crippen LogP contribution in [0, 0.1) is 6.92 Å². The van der Waals surface area contributed by atoms with Crippen LogP contribution in [0.2, 0.25) is 0 Å². The van der Waals surface area contributed by atoms with Crippen molar-refractivity contribution in [2.75, 3.05) is 13.2 Å². The molecule has 1 aromatic carbocycles. The van der Waals surface area contributed by atoms with E-state index in [1.165, 1.54) is 12.8 Å². The molecule has 2 aliphatic rings. The standard InChI is InChI=1S/C26H36N6O2/c1-3-8-23(25-28-29-30-32(25)21-11-4-5-12-21)31(17-22-13-7-14-34-22)16-20-15-19-10-6-9-18(2)24(19)27-26(20)33/h6,9-10,15,21-23H,3-5,7-8,11-14,16-17H2,1-2H3,(H,27,33). The first-order valence-electron chi connectivity index (χ1n) is 12.9. The molecular weight excluding hydrogens is 428 g/mol. The summed E-state index contributed by atoms with van der Waals surface area (Å²) in [5.41, 5.74) is 2.75. The highest BCUT2D eigenvalue weighted by atomic mass is 16.5. The van der Waals surface area contributed by atoms with Gasteiger partial charge in [-0.15, -0.1) is 5.10 Å². The Morgan fingerprint density at radius 3 is 2.85 bits per heavy atom. The summed E-state index contributed by atoms with van der Waals surface area (Å²) in [7, 11) is 0. The molecule has 182 valence electrons. The van der Waals surface area contributed by atoms with E-state index < -0.39 is 0 Å². The highest BCUT2D eigenvalue weighted by Crippen LogP contribution is 2.34. The molecule has 3 aromatic rings. The number of para-hydroxylation sites is 1. The largest absolute Gasteiger partial charge is 0.377 e. The Morgan fingerprint density at radius 1 is 1.24 bits per heavy atom. The van der Waals surface area contributed by atoms with Gasteiger partial charge in [0.1, 0.15) is 0 Å². The Labute approximate surface area is 200 Å². The van der Waals surface area contributed by atoms with Crippen LogP contribution >= 0.6 is 0 Å². The molecule has 0 radical (unpaired) electrons. The second-order valence-corrected chi connectivity index (χ2v) is 9.95. The van der Waals surface area contributed by atoms with Crippen LogP contribution < -0.4 is 5.56 Å². The summed E-state index contributed by atoms with van der Waals surface area (Å²) in [4.78, 5) is 18.7. The predicted molar refractivity (Wildman–Crippen MR) is 132 cm³/mol. The molecule has 3 heterocycles. The monoisotopic (exact) mass is 464 g/mol. The molecule has 1 saturated carbocycles. The Bertz CT molecular complexity index is 1160. The number of tetrazole rings is 1. The van der Waals surface area contributed by atoms with Crippen LogP contribution in [0.5, 0.6) is 0 Å². The van der Waals surface area contributed by atoms with E-state index in [9.17, 15) is 4.79 Å². The molecule has 1 aliphatic heterocycles. The average molecular weight is 465 g/mol. The maximum Gasteiger partial charge on any atom is 0.252 e. The smallest absolute Gasteiger partial charge is 0.252 e. The lowest BCUT2D eigenvalue weighted by Gasteiger charge is -2.33. The predicted octanol–water partition coefficient (Wildman–Crippen LogP) is 4.46. The van der Waals surface area contributed by atoms with E-state index in [1.54, 1.807) is 0 Å². The van der Waals surface area contributed by atoms with Crippen molar-refractivity contribution in [3.8, 4) is 0 Å². The fraction of sp³-hybridized carbons (Fsp3) is 0.615. The molecule has 34 heavy (non-hydrogen) atoms. The van der Waals surface area contributed by atoms with Gasteiger partial charge in [-0.05, 0) is 66.5 Å². The molecule has 0 amide bonds. The third kappa shape index (κ3) is 4.79. The van der Waals surface area contributed by atoms with Gasteiger partial charge in [-0.1, -0.05) is 44.4 Å². The molecule has 5 rings (SSSR count). The van der Waals surface area contributed by atoms with Crippen LogP contribution in [0.3, 0.4) is 0 Å². The van der Waals surface area contributed by atoms with E-state index in [2.05, 4.69) is 43.1 Å². The van der Waals surface area contributed by atoms with Crippen LogP contribution in [0.1, 0.15) is 87.3 Å². The molecule has 8 heteroatoms. The number of aromatic amines is 1. The Morgan fingerprint density at radius 2 is 2.09 bits per heavy atom. The zero-order valence-corrected chi connectivity index (χ0v) is 20.4. The fourth-order valence-corrected chi connectivity index (χ4v) is 5.69. The molecule has 2 atom stereocenters. The van der Waals surface area contributed by atoms with Crippen LogP contribution in [0.4, 0.5) is 0 Å². The Kier molecular flexibility index (Phi) is 7.06. The van der Waals surface area contributed by atoms with Gasteiger partial charge in [-0.3, -0.25) is 9.69 Å². The number of nitrogens with zero attached hydrogens (tertiary/aromatic N) is 5. The topological polar surface area (TPSA) is 88.9 Å². The summed E-state index contributed by atoms with van der Waals surface area (Å²) in [6.07, 6.45) is 8.99. The second kappa shape index (κ2) is 10.4. The van der Waals surface area contributed by atoms with Gasteiger partial charge in [-0.2, -0.15) is 0 Å². The second-order valence-electron chi connectivity index (χ2n) is 9.95. The van der Waals surface area contributed by atoms with Crippen molar-refractivity contribution in [3.05, 3.63) is 51.6 Å². The Balaban J connectivity index is 1.51. The molecule has 2 aromatic heterocycles. The number of hydrogen-bond donors (Lipinski definition) is 1. The number of fused-ring (bicyclic) bond motifs is 1. The number of benzene rings is 1. The van der Waals surface area contributed by atoms with Gasteiger partial charge in [0.2, 0.25) is 0 Å². The van der Waals surface area contributed by atoms with Crippen molar-refractivity contribution in [3.63, 3.8) is 0 Å². The van der Waals surface area contributed by atoms with Gasteiger partial charge in [0.25, 0.3) is 5.56 Å². The number of aryl methyl sites for hydroxylation is 1. The number of hydrogen-bond acceptors (Lipinski definition) is 6. The SMILES string of the molecule is CCCC(c1nnnn1C1CCCC1)N(Cc1cc2cccc(C)c2[nH]c1=O)CC1CCCO1. The zero-order chi connectivity index (χ0) is 23.5. The molecule has 2 fully saturated rings.